The van der Waals surface area contributed by atoms with E-state index in [-0.39, 0.29) is 5.97 Å². The average molecular weight is 199 g/mol. The number of hydrogen-bond donors (Lipinski definition) is 1. The molecule has 4 nitrogen and oxygen atoms in total. The molecule has 0 aromatic carbocycles. The Morgan fingerprint density at radius 2 is 2.43 bits per heavy atom. The summed E-state index contributed by atoms with van der Waals surface area (Å²) in [6, 6.07) is 0. The lowest BCUT2D eigenvalue weighted by atomic mass is 10.3. The molecule has 0 aromatic rings. The molecule has 0 bridgehead atoms. The van der Waals surface area contributed by atoms with Gasteiger partial charge < -0.3 is 14.8 Å². The predicted octanol–water partition coefficient (Wildman–Crippen LogP) is 0.484. The summed E-state index contributed by atoms with van der Waals surface area (Å²) in [7, 11) is 0. The Balaban J connectivity index is 1.74. The lowest BCUT2D eigenvalue weighted by Gasteiger charge is -2.03. The zero-order chi connectivity index (χ0) is 10.2. The van der Waals surface area contributed by atoms with E-state index in [2.05, 4.69) is 11.9 Å². The standard InChI is InChI=1S/C10H17NO3/c1-2-10(12)13-6-4-3-5-11-7-9-8-14-9/h2,9,11H,1,3-8H2. The minimum atomic E-state index is -0.343. The van der Waals surface area contributed by atoms with E-state index in [1.165, 1.54) is 6.08 Å². The Morgan fingerprint density at radius 1 is 1.64 bits per heavy atom. The summed E-state index contributed by atoms with van der Waals surface area (Å²) in [4.78, 5) is 10.6. The van der Waals surface area contributed by atoms with E-state index in [4.69, 9.17) is 9.47 Å². The second-order valence-electron chi connectivity index (χ2n) is 3.24. The lowest BCUT2D eigenvalue weighted by molar-refractivity contribution is -0.137. The number of rotatable bonds is 8. The van der Waals surface area contributed by atoms with Gasteiger partial charge in [0, 0.05) is 12.6 Å². The van der Waals surface area contributed by atoms with Crippen molar-refractivity contribution in [1.29, 1.82) is 0 Å². The second kappa shape index (κ2) is 6.56. The first kappa shape index (κ1) is 11.2. The van der Waals surface area contributed by atoms with Crippen LogP contribution >= 0.6 is 0 Å². The molecule has 1 atom stereocenters. The first-order valence-electron chi connectivity index (χ1n) is 4.94. The first-order chi connectivity index (χ1) is 6.83. The lowest BCUT2D eigenvalue weighted by Crippen LogP contribution is -2.21. The molecule has 0 amide bonds. The summed E-state index contributed by atoms with van der Waals surface area (Å²) < 4.78 is 9.86. The molecule has 14 heavy (non-hydrogen) atoms. The van der Waals surface area contributed by atoms with Gasteiger partial charge in [-0.3, -0.25) is 0 Å². The van der Waals surface area contributed by atoms with Gasteiger partial charge >= 0.3 is 5.97 Å². The minimum Gasteiger partial charge on any atom is -0.463 e. The van der Waals surface area contributed by atoms with E-state index < -0.39 is 0 Å². The molecule has 4 heteroatoms. The number of hydrogen-bond acceptors (Lipinski definition) is 4. The van der Waals surface area contributed by atoms with Crippen molar-refractivity contribution in [2.45, 2.75) is 18.9 Å². The molecule has 1 fully saturated rings. The number of epoxide rings is 1. The zero-order valence-corrected chi connectivity index (χ0v) is 8.33. The number of nitrogens with one attached hydrogen (secondary N) is 1. The van der Waals surface area contributed by atoms with Gasteiger partial charge in [-0.25, -0.2) is 4.79 Å². The average Bonchev–Trinajstić information content (AvgIpc) is 2.99. The summed E-state index contributed by atoms with van der Waals surface area (Å²) in [6.07, 6.45) is 3.52. The summed E-state index contributed by atoms with van der Waals surface area (Å²) >= 11 is 0. The van der Waals surface area contributed by atoms with Crippen molar-refractivity contribution in [3.8, 4) is 0 Å². The first-order valence-corrected chi connectivity index (χ1v) is 4.94. The fourth-order valence-corrected chi connectivity index (χ4v) is 1.03. The third kappa shape index (κ3) is 5.72. The van der Waals surface area contributed by atoms with E-state index in [0.29, 0.717) is 12.7 Å². The molecule has 1 unspecified atom stereocenters. The van der Waals surface area contributed by atoms with E-state index in [1.807, 2.05) is 0 Å². The van der Waals surface area contributed by atoms with Crippen LogP contribution in [0.25, 0.3) is 0 Å². The van der Waals surface area contributed by atoms with Crippen molar-refractivity contribution < 1.29 is 14.3 Å². The number of esters is 1. The smallest absolute Gasteiger partial charge is 0.330 e. The molecule has 1 heterocycles. The van der Waals surface area contributed by atoms with E-state index >= 15 is 0 Å². The van der Waals surface area contributed by atoms with E-state index in [0.717, 1.165) is 32.5 Å². The van der Waals surface area contributed by atoms with Gasteiger partial charge in [-0.1, -0.05) is 6.58 Å². The van der Waals surface area contributed by atoms with Crippen molar-refractivity contribution in [3.05, 3.63) is 12.7 Å². The Bertz CT molecular complexity index is 190. The molecular weight excluding hydrogens is 182 g/mol. The highest BCUT2D eigenvalue weighted by atomic mass is 16.6. The molecule has 1 saturated heterocycles. The van der Waals surface area contributed by atoms with Crippen LogP contribution < -0.4 is 5.32 Å². The van der Waals surface area contributed by atoms with Crippen LogP contribution in [0.2, 0.25) is 0 Å². The zero-order valence-electron chi connectivity index (χ0n) is 8.33. The highest BCUT2D eigenvalue weighted by Crippen LogP contribution is 2.05. The van der Waals surface area contributed by atoms with Crippen LogP contribution in [0.3, 0.4) is 0 Å². The highest BCUT2D eigenvalue weighted by molar-refractivity contribution is 5.81. The van der Waals surface area contributed by atoms with Crippen molar-refractivity contribution in [1.82, 2.24) is 5.32 Å². The fourth-order valence-electron chi connectivity index (χ4n) is 1.03. The molecule has 0 spiro atoms. The topological polar surface area (TPSA) is 50.9 Å². The maximum atomic E-state index is 10.6. The predicted molar refractivity (Wildman–Crippen MR) is 53.0 cm³/mol. The molecule has 1 N–H and O–H groups in total. The number of carbonyl (C=O) groups is 1. The van der Waals surface area contributed by atoms with Gasteiger partial charge in [-0.2, -0.15) is 0 Å². The number of ether oxygens (including phenoxy) is 2. The molecule has 0 radical (unpaired) electrons. The maximum Gasteiger partial charge on any atom is 0.330 e. The molecule has 0 aliphatic carbocycles. The van der Waals surface area contributed by atoms with Crippen LogP contribution in [-0.4, -0.2) is 38.4 Å². The third-order valence-corrected chi connectivity index (χ3v) is 1.93. The summed E-state index contributed by atoms with van der Waals surface area (Å²) in [5, 5.41) is 3.26. The van der Waals surface area contributed by atoms with Crippen LogP contribution in [0.4, 0.5) is 0 Å². The van der Waals surface area contributed by atoms with E-state index in [1.54, 1.807) is 0 Å². The molecule has 0 aromatic heterocycles. The Morgan fingerprint density at radius 3 is 3.07 bits per heavy atom. The number of carbonyl (C=O) groups excluding carboxylic acids is 1. The molecule has 1 aliphatic rings. The maximum absolute atomic E-state index is 10.6. The Hall–Kier alpha value is -0.870. The summed E-state index contributed by atoms with van der Waals surface area (Å²) in [6.45, 7) is 6.57. The van der Waals surface area contributed by atoms with Gasteiger partial charge in [-0.05, 0) is 19.4 Å². The van der Waals surface area contributed by atoms with Gasteiger partial charge in [0.15, 0.2) is 0 Å². The molecular formula is C10H17NO3. The quantitative estimate of drug-likeness (QED) is 0.267. The van der Waals surface area contributed by atoms with Gasteiger partial charge in [0.05, 0.1) is 19.3 Å². The van der Waals surface area contributed by atoms with Crippen molar-refractivity contribution >= 4 is 5.97 Å². The van der Waals surface area contributed by atoms with Gasteiger partial charge in [-0.15, -0.1) is 0 Å². The van der Waals surface area contributed by atoms with Gasteiger partial charge in [0.2, 0.25) is 0 Å². The van der Waals surface area contributed by atoms with Crippen LogP contribution in [0.1, 0.15) is 12.8 Å². The number of unbranched alkanes of at least 4 members (excludes halogenated alkanes) is 1. The largest absolute Gasteiger partial charge is 0.463 e. The Labute approximate surface area is 84.3 Å². The van der Waals surface area contributed by atoms with Crippen molar-refractivity contribution in [3.63, 3.8) is 0 Å². The van der Waals surface area contributed by atoms with Crippen LogP contribution in [0, 0.1) is 0 Å². The highest BCUT2D eigenvalue weighted by Gasteiger charge is 2.20. The van der Waals surface area contributed by atoms with Gasteiger partial charge in [0.25, 0.3) is 0 Å². The summed E-state index contributed by atoms with van der Waals surface area (Å²) in [5.74, 6) is -0.343. The van der Waals surface area contributed by atoms with Crippen molar-refractivity contribution in [2.24, 2.45) is 0 Å². The monoisotopic (exact) mass is 199 g/mol. The minimum absolute atomic E-state index is 0.343. The molecule has 80 valence electrons. The third-order valence-electron chi connectivity index (χ3n) is 1.93. The Kier molecular flexibility index (Phi) is 5.25. The van der Waals surface area contributed by atoms with E-state index in [9.17, 15) is 4.79 Å². The normalized spacial score (nSPS) is 19.0. The van der Waals surface area contributed by atoms with Crippen LogP contribution in [0.15, 0.2) is 12.7 Å². The second-order valence-corrected chi connectivity index (χ2v) is 3.24. The van der Waals surface area contributed by atoms with Crippen LogP contribution in [0.5, 0.6) is 0 Å². The van der Waals surface area contributed by atoms with Crippen molar-refractivity contribution in [2.75, 3.05) is 26.3 Å². The van der Waals surface area contributed by atoms with Gasteiger partial charge in [0.1, 0.15) is 0 Å². The molecule has 0 saturated carbocycles. The molecule has 1 aliphatic heterocycles. The fraction of sp³-hybridized carbons (Fsp3) is 0.700. The SMILES string of the molecule is C=CC(=O)OCCCCNCC1CO1. The summed E-state index contributed by atoms with van der Waals surface area (Å²) in [5.41, 5.74) is 0. The molecule has 1 rings (SSSR count). The van der Waals surface area contributed by atoms with Crippen LogP contribution in [-0.2, 0) is 14.3 Å².